The third-order valence-corrected chi connectivity index (χ3v) is 6.30. The first-order valence-corrected chi connectivity index (χ1v) is 11.3. The molecule has 2 aromatic carbocycles. The fourth-order valence-electron chi connectivity index (χ4n) is 4.80. The summed E-state index contributed by atoms with van der Waals surface area (Å²) in [5.41, 5.74) is 6.89. The van der Waals surface area contributed by atoms with Crippen molar-refractivity contribution in [3.8, 4) is 11.3 Å². The van der Waals surface area contributed by atoms with Crippen molar-refractivity contribution in [1.82, 2.24) is 4.57 Å². The first-order valence-electron chi connectivity index (χ1n) is 11.3. The van der Waals surface area contributed by atoms with Gasteiger partial charge in [-0.3, -0.25) is 0 Å². The number of nitrogens with zero attached hydrogens (tertiary/aromatic N) is 1. The lowest BCUT2D eigenvalue weighted by atomic mass is 9.91. The van der Waals surface area contributed by atoms with Gasteiger partial charge in [-0.1, -0.05) is 88.8 Å². The van der Waals surface area contributed by atoms with E-state index >= 15 is 0 Å². The summed E-state index contributed by atoms with van der Waals surface area (Å²) in [5, 5.41) is 1.36. The van der Waals surface area contributed by atoms with Gasteiger partial charge in [0.15, 0.2) is 0 Å². The van der Waals surface area contributed by atoms with Crippen LogP contribution in [-0.2, 0) is 13.5 Å². The van der Waals surface area contributed by atoms with Crippen LogP contribution in [0.1, 0.15) is 69.9 Å². The van der Waals surface area contributed by atoms with Crippen LogP contribution in [0.2, 0.25) is 0 Å². The van der Waals surface area contributed by atoms with Crippen molar-refractivity contribution in [2.75, 3.05) is 0 Å². The Morgan fingerprint density at radius 2 is 1.64 bits per heavy atom. The molecule has 0 spiro atoms. The van der Waals surface area contributed by atoms with E-state index in [2.05, 4.69) is 80.9 Å². The van der Waals surface area contributed by atoms with Gasteiger partial charge in [-0.25, -0.2) is 0 Å². The summed E-state index contributed by atoms with van der Waals surface area (Å²) in [6, 6.07) is 18.0. The minimum atomic E-state index is 0.925. The molecule has 150 valence electrons. The SMILES string of the molecule is CCCCC(CCC)CCCc1cccc(-c2c(C)c3ccccc3n2C)c1. The maximum absolute atomic E-state index is 2.42. The fourth-order valence-corrected chi connectivity index (χ4v) is 4.80. The molecule has 28 heavy (non-hydrogen) atoms. The quantitative estimate of drug-likeness (QED) is 0.337. The van der Waals surface area contributed by atoms with E-state index in [1.165, 1.54) is 84.7 Å². The number of hydrogen-bond acceptors (Lipinski definition) is 0. The Morgan fingerprint density at radius 1 is 0.857 bits per heavy atom. The van der Waals surface area contributed by atoms with Crippen LogP contribution in [0.4, 0.5) is 0 Å². The van der Waals surface area contributed by atoms with Gasteiger partial charge >= 0.3 is 0 Å². The molecule has 3 aromatic rings. The van der Waals surface area contributed by atoms with Crippen LogP contribution in [0.3, 0.4) is 0 Å². The van der Waals surface area contributed by atoms with E-state index in [-0.39, 0.29) is 0 Å². The molecule has 3 rings (SSSR count). The first kappa shape index (κ1) is 20.7. The number of unbranched alkanes of at least 4 members (excludes halogenated alkanes) is 1. The van der Waals surface area contributed by atoms with Gasteiger partial charge in [0.05, 0.1) is 5.69 Å². The Labute approximate surface area is 171 Å². The highest BCUT2D eigenvalue weighted by Crippen LogP contribution is 2.33. The largest absolute Gasteiger partial charge is 0.343 e. The zero-order valence-corrected chi connectivity index (χ0v) is 18.3. The molecule has 0 radical (unpaired) electrons. The standard InChI is InChI=1S/C27H37N/c1-5-7-13-22(12-6-2)14-10-15-23-16-11-17-24(20-23)27-21(3)25-18-8-9-19-26(25)28(27)4/h8-9,11,16-20,22H,5-7,10,12-15H2,1-4H3. The average molecular weight is 376 g/mol. The molecular weight excluding hydrogens is 338 g/mol. The minimum absolute atomic E-state index is 0.925. The Balaban J connectivity index is 1.73. The van der Waals surface area contributed by atoms with Gasteiger partial charge < -0.3 is 4.57 Å². The van der Waals surface area contributed by atoms with Crippen LogP contribution in [0.25, 0.3) is 22.2 Å². The minimum Gasteiger partial charge on any atom is -0.343 e. The number of aromatic nitrogens is 1. The lowest BCUT2D eigenvalue weighted by Crippen LogP contribution is -2.01. The summed E-state index contributed by atoms with van der Waals surface area (Å²) < 4.78 is 2.35. The number of para-hydroxylation sites is 1. The summed E-state index contributed by atoms with van der Waals surface area (Å²) in [6.45, 7) is 6.89. The topological polar surface area (TPSA) is 4.93 Å². The molecule has 0 fully saturated rings. The molecule has 0 aliphatic heterocycles. The van der Waals surface area contributed by atoms with Crippen molar-refractivity contribution in [2.24, 2.45) is 13.0 Å². The third kappa shape index (κ3) is 4.69. The second-order valence-electron chi connectivity index (χ2n) is 8.44. The highest BCUT2D eigenvalue weighted by molar-refractivity contribution is 5.91. The van der Waals surface area contributed by atoms with Gasteiger partial charge in [0, 0.05) is 18.0 Å². The molecule has 0 saturated heterocycles. The molecule has 0 N–H and O–H groups in total. The predicted octanol–water partition coefficient (Wildman–Crippen LogP) is 8.08. The molecule has 1 heteroatoms. The second-order valence-corrected chi connectivity index (χ2v) is 8.44. The Bertz CT molecular complexity index is 847. The summed E-state index contributed by atoms with van der Waals surface area (Å²) in [5.74, 6) is 0.925. The van der Waals surface area contributed by atoms with E-state index < -0.39 is 0 Å². The van der Waals surface area contributed by atoms with Crippen molar-refractivity contribution < 1.29 is 0 Å². The smallest absolute Gasteiger partial charge is 0.0518 e. The van der Waals surface area contributed by atoms with E-state index in [1.807, 2.05) is 0 Å². The van der Waals surface area contributed by atoms with Gasteiger partial charge in [-0.15, -0.1) is 0 Å². The van der Waals surface area contributed by atoms with Crippen molar-refractivity contribution in [2.45, 2.75) is 72.1 Å². The molecule has 0 bridgehead atoms. The van der Waals surface area contributed by atoms with Crippen LogP contribution in [0, 0.1) is 12.8 Å². The van der Waals surface area contributed by atoms with Crippen molar-refractivity contribution in [3.05, 3.63) is 59.7 Å². The lowest BCUT2D eigenvalue weighted by molar-refractivity contribution is 0.392. The Kier molecular flexibility index (Phi) is 7.36. The van der Waals surface area contributed by atoms with E-state index in [0.29, 0.717) is 0 Å². The predicted molar refractivity (Wildman–Crippen MR) is 124 cm³/mol. The molecule has 0 saturated carbocycles. The van der Waals surface area contributed by atoms with Crippen LogP contribution in [0.5, 0.6) is 0 Å². The third-order valence-electron chi connectivity index (χ3n) is 6.30. The number of benzene rings is 2. The van der Waals surface area contributed by atoms with Gasteiger partial charge in [-0.2, -0.15) is 0 Å². The maximum atomic E-state index is 2.42. The number of fused-ring (bicyclic) bond motifs is 1. The summed E-state index contributed by atoms with van der Waals surface area (Å²) >= 11 is 0. The van der Waals surface area contributed by atoms with Crippen molar-refractivity contribution in [1.29, 1.82) is 0 Å². The zero-order chi connectivity index (χ0) is 19.9. The highest BCUT2D eigenvalue weighted by Gasteiger charge is 2.13. The van der Waals surface area contributed by atoms with E-state index in [9.17, 15) is 0 Å². The molecule has 1 heterocycles. The van der Waals surface area contributed by atoms with Crippen LogP contribution in [0.15, 0.2) is 48.5 Å². The van der Waals surface area contributed by atoms with Gasteiger partial charge in [0.2, 0.25) is 0 Å². The van der Waals surface area contributed by atoms with Gasteiger partial charge in [0.1, 0.15) is 0 Å². The molecule has 1 atom stereocenters. The monoisotopic (exact) mass is 375 g/mol. The fraction of sp³-hybridized carbons (Fsp3) is 0.481. The van der Waals surface area contributed by atoms with Gasteiger partial charge in [-0.05, 0) is 54.5 Å². The molecule has 0 aliphatic carbocycles. The Hall–Kier alpha value is -2.02. The molecule has 1 aromatic heterocycles. The van der Waals surface area contributed by atoms with Gasteiger partial charge in [0.25, 0.3) is 0 Å². The number of aryl methyl sites for hydroxylation is 3. The molecule has 1 unspecified atom stereocenters. The molecule has 1 nitrogen and oxygen atoms in total. The van der Waals surface area contributed by atoms with Crippen LogP contribution >= 0.6 is 0 Å². The maximum Gasteiger partial charge on any atom is 0.0518 e. The lowest BCUT2D eigenvalue weighted by Gasteiger charge is -2.16. The average Bonchev–Trinajstić information content (AvgIpc) is 2.97. The Morgan fingerprint density at radius 3 is 2.39 bits per heavy atom. The summed E-state index contributed by atoms with van der Waals surface area (Å²) in [7, 11) is 2.19. The molecule has 0 aliphatic rings. The van der Waals surface area contributed by atoms with Crippen molar-refractivity contribution >= 4 is 10.9 Å². The molecule has 0 amide bonds. The van der Waals surface area contributed by atoms with Crippen LogP contribution < -0.4 is 0 Å². The number of rotatable bonds is 10. The zero-order valence-electron chi connectivity index (χ0n) is 18.3. The number of hydrogen-bond donors (Lipinski definition) is 0. The summed E-state index contributed by atoms with van der Waals surface area (Å²) in [6.07, 6.45) is 10.7. The second kappa shape index (κ2) is 9.96. The van der Waals surface area contributed by atoms with E-state index in [0.717, 1.165) is 5.92 Å². The summed E-state index contributed by atoms with van der Waals surface area (Å²) in [4.78, 5) is 0. The van der Waals surface area contributed by atoms with E-state index in [1.54, 1.807) is 0 Å². The first-order chi connectivity index (χ1) is 13.7. The normalized spacial score (nSPS) is 12.6. The molecular formula is C27H37N. The van der Waals surface area contributed by atoms with Crippen molar-refractivity contribution in [3.63, 3.8) is 0 Å². The highest BCUT2D eigenvalue weighted by atomic mass is 14.9. The van der Waals surface area contributed by atoms with Crippen LogP contribution in [-0.4, -0.2) is 4.57 Å². The van der Waals surface area contributed by atoms with E-state index in [4.69, 9.17) is 0 Å².